The lowest BCUT2D eigenvalue weighted by atomic mass is 9.90. The van der Waals surface area contributed by atoms with Crippen LogP contribution in [0.1, 0.15) is 51.6 Å². The van der Waals surface area contributed by atoms with Crippen LogP contribution in [0.3, 0.4) is 0 Å². The minimum Gasteiger partial charge on any atom is -0.494 e. The fourth-order valence-corrected chi connectivity index (χ4v) is 1.81. The molecule has 0 radical (unpaired) electrons. The molecule has 0 heterocycles. The molecule has 0 aromatic heterocycles. The van der Waals surface area contributed by atoms with Crippen molar-refractivity contribution in [3.8, 4) is 11.8 Å². The van der Waals surface area contributed by atoms with Gasteiger partial charge in [-0.2, -0.15) is 5.26 Å². The highest BCUT2D eigenvalue weighted by Crippen LogP contribution is 2.22. The molecule has 1 rings (SSSR count). The zero-order valence-corrected chi connectivity index (χ0v) is 12.1. The van der Waals surface area contributed by atoms with Crippen molar-refractivity contribution in [3.63, 3.8) is 0 Å². The lowest BCUT2D eigenvalue weighted by molar-refractivity contribution is 0.284. The molecule has 3 nitrogen and oxygen atoms in total. The lowest BCUT2D eigenvalue weighted by Gasteiger charge is -2.15. The summed E-state index contributed by atoms with van der Waals surface area (Å²) in [6.07, 6.45) is 2.67. The minimum atomic E-state index is -0.263. The van der Waals surface area contributed by atoms with E-state index in [1.165, 1.54) is 0 Å². The Morgan fingerprint density at radius 1 is 1.32 bits per heavy atom. The first-order valence-corrected chi connectivity index (χ1v) is 6.88. The van der Waals surface area contributed by atoms with Gasteiger partial charge in [0, 0.05) is 6.04 Å². The maximum absolute atomic E-state index is 8.91. The summed E-state index contributed by atoms with van der Waals surface area (Å²) in [7, 11) is 0. The summed E-state index contributed by atoms with van der Waals surface area (Å²) in [5.41, 5.74) is 6.83. The summed E-state index contributed by atoms with van der Waals surface area (Å²) in [4.78, 5) is 0. The van der Waals surface area contributed by atoms with Gasteiger partial charge >= 0.3 is 0 Å². The van der Waals surface area contributed by atoms with Crippen LogP contribution in [-0.4, -0.2) is 6.61 Å². The first kappa shape index (κ1) is 15.5. The highest BCUT2D eigenvalue weighted by molar-refractivity contribution is 5.28. The predicted octanol–water partition coefficient (Wildman–Crippen LogP) is 3.81. The van der Waals surface area contributed by atoms with Gasteiger partial charge in [0.2, 0.25) is 0 Å². The van der Waals surface area contributed by atoms with E-state index < -0.39 is 0 Å². The van der Waals surface area contributed by atoms with Crippen LogP contribution in [0.25, 0.3) is 0 Å². The van der Waals surface area contributed by atoms with Crippen LogP contribution in [-0.2, 0) is 0 Å². The van der Waals surface area contributed by atoms with E-state index in [1.54, 1.807) is 0 Å². The Morgan fingerprint density at radius 3 is 2.47 bits per heavy atom. The first-order chi connectivity index (χ1) is 8.98. The van der Waals surface area contributed by atoms with Crippen molar-refractivity contribution in [2.75, 3.05) is 6.61 Å². The zero-order chi connectivity index (χ0) is 14.3. The molecule has 0 spiro atoms. The van der Waals surface area contributed by atoms with Gasteiger partial charge in [0.25, 0.3) is 0 Å². The molecule has 1 aromatic rings. The van der Waals surface area contributed by atoms with Gasteiger partial charge in [0.05, 0.1) is 18.1 Å². The van der Waals surface area contributed by atoms with Gasteiger partial charge in [-0.05, 0) is 50.8 Å². The van der Waals surface area contributed by atoms with E-state index in [4.69, 9.17) is 15.7 Å². The van der Waals surface area contributed by atoms with Crippen LogP contribution >= 0.6 is 0 Å². The van der Waals surface area contributed by atoms with Crippen molar-refractivity contribution in [3.05, 3.63) is 29.8 Å². The van der Waals surface area contributed by atoms with Gasteiger partial charge in [0.15, 0.2) is 0 Å². The minimum absolute atomic E-state index is 0.102. The van der Waals surface area contributed by atoms with Crippen molar-refractivity contribution in [2.45, 2.75) is 46.1 Å². The molecule has 3 heteroatoms. The van der Waals surface area contributed by atoms with Crippen molar-refractivity contribution in [1.82, 2.24) is 0 Å². The summed E-state index contributed by atoms with van der Waals surface area (Å²) in [5.74, 6) is 0.863. The molecule has 0 aliphatic carbocycles. The number of hydrogen-bond acceptors (Lipinski definition) is 3. The van der Waals surface area contributed by atoms with Crippen molar-refractivity contribution >= 4 is 0 Å². The molecule has 19 heavy (non-hydrogen) atoms. The largest absolute Gasteiger partial charge is 0.494 e. The van der Waals surface area contributed by atoms with E-state index in [1.807, 2.05) is 38.1 Å². The Labute approximate surface area is 116 Å². The van der Waals surface area contributed by atoms with Gasteiger partial charge < -0.3 is 10.5 Å². The van der Waals surface area contributed by atoms with Gasteiger partial charge in [-0.25, -0.2) is 0 Å². The zero-order valence-electron chi connectivity index (χ0n) is 12.1. The summed E-state index contributed by atoms with van der Waals surface area (Å²) in [5, 5.41) is 8.91. The summed E-state index contributed by atoms with van der Waals surface area (Å²) >= 11 is 0. The summed E-state index contributed by atoms with van der Waals surface area (Å²) < 4.78 is 5.66. The molecule has 0 aliphatic rings. The third-order valence-corrected chi connectivity index (χ3v) is 3.27. The Morgan fingerprint density at radius 2 is 1.95 bits per heavy atom. The third kappa shape index (κ3) is 5.32. The molecule has 0 aliphatic heterocycles. The molecule has 0 saturated heterocycles. The van der Waals surface area contributed by atoms with Gasteiger partial charge in [-0.1, -0.05) is 19.1 Å². The topological polar surface area (TPSA) is 59.0 Å². The maximum Gasteiger partial charge on any atom is 0.119 e. The average molecular weight is 260 g/mol. The second kappa shape index (κ2) is 7.16. The lowest BCUT2D eigenvalue weighted by Crippen LogP contribution is -2.10. The standard InChI is InChI=1S/C16H24N2O/c1-4-15(18)13-6-8-14(9-7-13)19-11-5-10-16(2,3)12-17/h6-9,15H,4-5,10-11,18H2,1-3H3/t15-/m1/s1. The van der Waals surface area contributed by atoms with Crippen molar-refractivity contribution < 1.29 is 4.74 Å². The van der Waals surface area contributed by atoms with Crippen LogP contribution in [0.5, 0.6) is 5.75 Å². The van der Waals surface area contributed by atoms with Crippen LogP contribution in [0.2, 0.25) is 0 Å². The molecule has 2 N–H and O–H groups in total. The fourth-order valence-electron chi connectivity index (χ4n) is 1.81. The van der Waals surface area contributed by atoms with Crippen molar-refractivity contribution in [2.24, 2.45) is 11.1 Å². The molecule has 0 bridgehead atoms. The fraction of sp³-hybridized carbons (Fsp3) is 0.562. The number of hydrogen-bond donors (Lipinski definition) is 1. The normalized spacial score (nSPS) is 12.8. The van der Waals surface area contributed by atoms with Crippen LogP contribution in [0.4, 0.5) is 0 Å². The molecule has 1 aromatic carbocycles. The van der Waals surface area contributed by atoms with E-state index >= 15 is 0 Å². The number of rotatable bonds is 7. The highest BCUT2D eigenvalue weighted by atomic mass is 16.5. The third-order valence-electron chi connectivity index (χ3n) is 3.27. The van der Waals surface area contributed by atoms with Crippen LogP contribution in [0.15, 0.2) is 24.3 Å². The molecular weight excluding hydrogens is 236 g/mol. The molecule has 1 atom stereocenters. The van der Waals surface area contributed by atoms with E-state index in [2.05, 4.69) is 13.0 Å². The van der Waals surface area contributed by atoms with E-state index in [0.717, 1.165) is 30.6 Å². The Kier molecular flexibility index (Phi) is 5.85. The van der Waals surface area contributed by atoms with Gasteiger partial charge in [0.1, 0.15) is 5.75 Å². The van der Waals surface area contributed by atoms with Gasteiger partial charge in [-0.15, -0.1) is 0 Å². The maximum atomic E-state index is 8.91. The average Bonchev–Trinajstić information content (AvgIpc) is 2.43. The molecule has 0 fully saturated rings. The van der Waals surface area contributed by atoms with E-state index in [-0.39, 0.29) is 11.5 Å². The van der Waals surface area contributed by atoms with Crippen molar-refractivity contribution in [1.29, 1.82) is 5.26 Å². The first-order valence-electron chi connectivity index (χ1n) is 6.88. The highest BCUT2D eigenvalue weighted by Gasteiger charge is 2.15. The van der Waals surface area contributed by atoms with Crippen LogP contribution in [0, 0.1) is 16.7 Å². The molecule has 0 unspecified atom stereocenters. The quantitative estimate of drug-likeness (QED) is 0.758. The number of nitriles is 1. The number of nitrogens with zero attached hydrogens (tertiary/aromatic N) is 1. The Balaban J connectivity index is 2.37. The van der Waals surface area contributed by atoms with E-state index in [0.29, 0.717) is 6.61 Å². The SMILES string of the molecule is CC[C@@H](N)c1ccc(OCCCC(C)(C)C#N)cc1. The monoisotopic (exact) mass is 260 g/mol. The second-order valence-corrected chi connectivity index (χ2v) is 5.53. The number of nitrogens with two attached hydrogens (primary N) is 1. The Hall–Kier alpha value is -1.53. The summed E-state index contributed by atoms with van der Waals surface area (Å²) in [6.45, 7) is 6.62. The molecular formula is C16H24N2O. The molecule has 0 amide bonds. The predicted molar refractivity (Wildman–Crippen MR) is 77.8 cm³/mol. The second-order valence-electron chi connectivity index (χ2n) is 5.53. The number of benzene rings is 1. The van der Waals surface area contributed by atoms with Gasteiger partial charge in [-0.3, -0.25) is 0 Å². The number of ether oxygens (including phenoxy) is 1. The molecule has 104 valence electrons. The summed E-state index contributed by atoms with van der Waals surface area (Å²) in [6, 6.07) is 10.3. The van der Waals surface area contributed by atoms with Crippen LogP contribution < -0.4 is 10.5 Å². The Bertz CT molecular complexity index is 417. The van der Waals surface area contributed by atoms with E-state index in [9.17, 15) is 0 Å². The smallest absolute Gasteiger partial charge is 0.119 e. The molecule has 0 saturated carbocycles.